The lowest BCUT2D eigenvalue weighted by molar-refractivity contribution is -0.170. The van der Waals surface area contributed by atoms with E-state index in [9.17, 15) is 9.90 Å². The van der Waals surface area contributed by atoms with E-state index in [1.165, 1.54) is 0 Å². The molecule has 4 nitrogen and oxygen atoms in total. The van der Waals surface area contributed by atoms with Gasteiger partial charge in [-0.15, -0.1) is 0 Å². The van der Waals surface area contributed by atoms with Crippen LogP contribution in [0, 0.1) is 5.41 Å². The summed E-state index contributed by atoms with van der Waals surface area (Å²) in [5.41, 5.74) is -2.06. The molecule has 0 heterocycles. The number of hydrogen-bond acceptors (Lipinski definition) is 4. The molecule has 0 aliphatic rings. The molecule has 0 aliphatic carbocycles. The Balaban J connectivity index is 4.59. The third-order valence-corrected chi connectivity index (χ3v) is 2.93. The van der Waals surface area contributed by atoms with E-state index in [0.717, 1.165) is 0 Å². The second kappa shape index (κ2) is 5.47. The summed E-state index contributed by atoms with van der Waals surface area (Å²) in [7, 11) is 1.56. The molecule has 15 heavy (non-hydrogen) atoms. The number of carbonyl (C=O) groups is 1. The molecule has 90 valence electrons. The van der Waals surface area contributed by atoms with Crippen LogP contribution in [0.2, 0.25) is 0 Å². The summed E-state index contributed by atoms with van der Waals surface area (Å²) in [4.78, 5) is 11.7. The Morgan fingerprint density at radius 1 is 1.33 bits per heavy atom. The second-order valence-electron chi connectivity index (χ2n) is 4.36. The molecule has 0 radical (unpaired) electrons. The summed E-state index contributed by atoms with van der Waals surface area (Å²) in [5, 5.41) is 10.2. The molecule has 0 rings (SSSR count). The lowest BCUT2D eigenvalue weighted by atomic mass is 9.74. The van der Waals surface area contributed by atoms with Crippen molar-refractivity contribution in [2.24, 2.45) is 5.41 Å². The molecule has 0 spiro atoms. The van der Waals surface area contributed by atoms with Crippen molar-refractivity contribution >= 4 is 5.97 Å². The minimum Gasteiger partial charge on any atom is -0.465 e. The van der Waals surface area contributed by atoms with Crippen molar-refractivity contribution in [1.29, 1.82) is 0 Å². The van der Waals surface area contributed by atoms with E-state index in [1.807, 2.05) is 0 Å². The molecular weight excluding hydrogens is 196 g/mol. The first-order valence-electron chi connectivity index (χ1n) is 5.18. The quantitative estimate of drug-likeness (QED) is 0.684. The Bertz CT molecular complexity index is 209. The summed E-state index contributed by atoms with van der Waals surface area (Å²) in [6.45, 7) is 7.47. The van der Waals surface area contributed by atoms with Gasteiger partial charge < -0.3 is 14.6 Å². The van der Waals surface area contributed by atoms with E-state index in [1.54, 1.807) is 34.8 Å². The minimum atomic E-state index is -1.13. The third-order valence-electron chi connectivity index (χ3n) is 2.93. The highest BCUT2D eigenvalue weighted by Gasteiger charge is 2.46. The van der Waals surface area contributed by atoms with Gasteiger partial charge in [0.15, 0.2) is 0 Å². The molecule has 1 N–H and O–H groups in total. The highest BCUT2D eigenvalue weighted by atomic mass is 16.5. The molecular formula is C11H22O4. The van der Waals surface area contributed by atoms with Crippen LogP contribution in [0.1, 0.15) is 34.1 Å². The zero-order valence-electron chi connectivity index (χ0n) is 10.3. The lowest BCUT2D eigenvalue weighted by Gasteiger charge is -2.37. The van der Waals surface area contributed by atoms with Crippen molar-refractivity contribution in [3.8, 4) is 0 Å². The van der Waals surface area contributed by atoms with E-state index in [4.69, 9.17) is 9.47 Å². The Labute approximate surface area is 91.6 Å². The van der Waals surface area contributed by atoms with Crippen LogP contribution in [-0.4, -0.2) is 37.0 Å². The highest BCUT2D eigenvalue weighted by Crippen LogP contribution is 2.34. The van der Waals surface area contributed by atoms with E-state index >= 15 is 0 Å². The number of rotatable bonds is 6. The average molecular weight is 218 g/mol. The molecule has 4 heteroatoms. The number of aliphatic hydroxyl groups is 1. The van der Waals surface area contributed by atoms with Crippen LogP contribution in [0.5, 0.6) is 0 Å². The molecule has 0 saturated carbocycles. The van der Waals surface area contributed by atoms with Crippen molar-refractivity contribution in [3.63, 3.8) is 0 Å². The predicted octanol–water partition coefficient (Wildman–Crippen LogP) is 1.36. The van der Waals surface area contributed by atoms with Crippen molar-refractivity contribution < 1.29 is 19.4 Å². The fraction of sp³-hybridized carbons (Fsp3) is 0.909. The van der Waals surface area contributed by atoms with Gasteiger partial charge in [0.1, 0.15) is 0 Å². The molecule has 0 saturated heterocycles. The van der Waals surface area contributed by atoms with Crippen molar-refractivity contribution in [3.05, 3.63) is 0 Å². The van der Waals surface area contributed by atoms with Crippen molar-refractivity contribution in [2.75, 3.05) is 20.3 Å². The Morgan fingerprint density at radius 2 is 1.87 bits per heavy atom. The van der Waals surface area contributed by atoms with Gasteiger partial charge in [-0.3, -0.25) is 4.79 Å². The van der Waals surface area contributed by atoms with Crippen LogP contribution in [0.25, 0.3) is 0 Å². The van der Waals surface area contributed by atoms with E-state index in [-0.39, 0.29) is 5.97 Å². The van der Waals surface area contributed by atoms with Gasteiger partial charge in [0, 0.05) is 20.1 Å². The van der Waals surface area contributed by atoms with Gasteiger partial charge in [-0.05, 0) is 27.7 Å². The highest BCUT2D eigenvalue weighted by molar-refractivity contribution is 5.77. The first-order valence-corrected chi connectivity index (χ1v) is 5.18. The minimum absolute atomic E-state index is 0.322. The maximum Gasteiger partial charge on any atom is 0.314 e. The van der Waals surface area contributed by atoms with Gasteiger partial charge >= 0.3 is 5.97 Å². The fourth-order valence-electron chi connectivity index (χ4n) is 1.14. The fourth-order valence-corrected chi connectivity index (χ4v) is 1.14. The van der Waals surface area contributed by atoms with Crippen LogP contribution >= 0.6 is 0 Å². The summed E-state index contributed by atoms with van der Waals surface area (Å²) in [6, 6.07) is 0. The number of hydrogen-bond donors (Lipinski definition) is 1. The molecule has 0 aliphatic heterocycles. The molecule has 0 amide bonds. The zero-order valence-corrected chi connectivity index (χ0v) is 10.3. The SMILES string of the molecule is CCOC(=O)C(C)(C)C(C)(O)CCOC. The molecule has 0 aromatic rings. The number of ether oxygens (including phenoxy) is 2. The van der Waals surface area contributed by atoms with Gasteiger partial charge in [0.2, 0.25) is 0 Å². The average Bonchev–Trinajstić information content (AvgIpc) is 2.15. The smallest absolute Gasteiger partial charge is 0.314 e. The molecule has 0 aromatic heterocycles. The Kier molecular flexibility index (Phi) is 5.24. The van der Waals surface area contributed by atoms with Crippen LogP contribution < -0.4 is 0 Å². The monoisotopic (exact) mass is 218 g/mol. The normalized spacial score (nSPS) is 15.9. The third kappa shape index (κ3) is 3.47. The van der Waals surface area contributed by atoms with Crippen LogP contribution in [0.15, 0.2) is 0 Å². The predicted molar refractivity (Wildman–Crippen MR) is 57.5 cm³/mol. The topological polar surface area (TPSA) is 55.8 Å². The zero-order chi connectivity index (χ0) is 12.1. The van der Waals surface area contributed by atoms with Crippen molar-refractivity contribution in [1.82, 2.24) is 0 Å². The van der Waals surface area contributed by atoms with Crippen LogP contribution in [0.4, 0.5) is 0 Å². The van der Waals surface area contributed by atoms with Gasteiger partial charge in [0.25, 0.3) is 0 Å². The first-order chi connectivity index (χ1) is 6.79. The summed E-state index contributed by atoms with van der Waals surface area (Å²) in [6.07, 6.45) is 0.398. The van der Waals surface area contributed by atoms with Crippen molar-refractivity contribution in [2.45, 2.75) is 39.7 Å². The molecule has 1 atom stereocenters. The Morgan fingerprint density at radius 3 is 2.27 bits per heavy atom. The maximum atomic E-state index is 11.7. The molecule has 1 unspecified atom stereocenters. The number of carbonyl (C=O) groups excluding carboxylic acids is 1. The van der Waals surface area contributed by atoms with E-state index in [2.05, 4.69) is 0 Å². The molecule has 0 bridgehead atoms. The second-order valence-corrected chi connectivity index (χ2v) is 4.36. The van der Waals surface area contributed by atoms with Crippen LogP contribution in [-0.2, 0) is 14.3 Å². The summed E-state index contributed by atoms with van der Waals surface area (Å²) < 4.78 is 9.83. The Hall–Kier alpha value is -0.610. The van der Waals surface area contributed by atoms with E-state index in [0.29, 0.717) is 19.6 Å². The number of esters is 1. The summed E-state index contributed by atoms with van der Waals surface area (Å²) >= 11 is 0. The van der Waals surface area contributed by atoms with Gasteiger partial charge in [0.05, 0.1) is 17.6 Å². The standard InChI is InChI=1S/C11H22O4/c1-6-15-9(12)10(2,3)11(4,13)7-8-14-5/h13H,6-8H2,1-5H3. The van der Waals surface area contributed by atoms with Gasteiger partial charge in [-0.25, -0.2) is 0 Å². The van der Waals surface area contributed by atoms with Crippen LogP contribution in [0.3, 0.4) is 0 Å². The largest absolute Gasteiger partial charge is 0.465 e. The molecule has 0 fully saturated rings. The van der Waals surface area contributed by atoms with Gasteiger partial charge in [-0.1, -0.05) is 0 Å². The number of methoxy groups -OCH3 is 1. The van der Waals surface area contributed by atoms with E-state index < -0.39 is 11.0 Å². The lowest BCUT2D eigenvalue weighted by Crippen LogP contribution is -2.48. The summed E-state index contributed by atoms with van der Waals surface area (Å²) in [5.74, 6) is -0.383. The molecule has 0 aromatic carbocycles. The first kappa shape index (κ1) is 14.4. The maximum absolute atomic E-state index is 11.7. The van der Waals surface area contributed by atoms with Gasteiger partial charge in [-0.2, -0.15) is 0 Å².